The Morgan fingerprint density at radius 2 is 1.77 bits per heavy atom. The third-order valence-corrected chi connectivity index (χ3v) is 3.39. The van der Waals surface area contributed by atoms with E-state index in [-0.39, 0.29) is 42.7 Å². The first-order valence-corrected chi connectivity index (χ1v) is 7.06. The summed E-state index contributed by atoms with van der Waals surface area (Å²) in [5, 5.41) is 5.62. The lowest BCUT2D eigenvalue weighted by molar-refractivity contribution is -0.118. The fourth-order valence-corrected chi connectivity index (χ4v) is 1.91. The van der Waals surface area contributed by atoms with Gasteiger partial charge in [0, 0.05) is 30.9 Å². The van der Waals surface area contributed by atoms with Crippen molar-refractivity contribution >= 4 is 35.6 Å². The molecule has 1 saturated carbocycles. The Hall–Kier alpha value is -1.63. The van der Waals surface area contributed by atoms with E-state index in [1.54, 1.807) is 24.3 Å². The lowest BCUT2D eigenvalue weighted by Crippen LogP contribution is -2.28. The number of methoxy groups -OCH3 is 1. The number of carbonyl (C=O) groups is 2. The van der Waals surface area contributed by atoms with Crippen molar-refractivity contribution < 1.29 is 14.3 Å². The smallest absolute Gasteiger partial charge is 0.227 e. The molecule has 122 valence electrons. The van der Waals surface area contributed by atoms with Crippen molar-refractivity contribution in [1.29, 1.82) is 0 Å². The lowest BCUT2D eigenvalue weighted by Gasteiger charge is -2.13. The summed E-state index contributed by atoms with van der Waals surface area (Å²) < 4.78 is 5.07. The quantitative estimate of drug-likeness (QED) is 0.711. The molecule has 2 amide bonds. The van der Waals surface area contributed by atoms with Gasteiger partial charge in [0.1, 0.15) is 0 Å². The van der Waals surface area contributed by atoms with Crippen LogP contribution < -0.4 is 16.4 Å². The molecule has 0 heterocycles. The summed E-state index contributed by atoms with van der Waals surface area (Å²) in [5.74, 6) is 0.0892. The number of hydrogen-bond acceptors (Lipinski definition) is 4. The molecule has 1 aliphatic carbocycles. The first-order valence-electron chi connectivity index (χ1n) is 7.06. The molecule has 0 saturated heterocycles. The molecule has 4 N–H and O–H groups in total. The highest BCUT2D eigenvalue weighted by atomic mass is 35.5. The van der Waals surface area contributed by atoms with Gasteiger partial charge in [-0.05, 0) is 37.1 Å². The number of hydrogen-bond donors (Lipinski definition) is 3. The minimum Gasteiger partial charge on any atom is -0.380 e. The predicted molar refractivity (Wildman–Crippen MR) is 88.1 cm³/mol. The van der Waals surface area contributed by atoms with Crippen LogP contribution in [0.3, 0.4) is 0 Å². The Kier molecular flexibility index (Phi) is 7.31. The van der Waals surface area contributed by atoms with E-state index in [2.05, 4.69) is 10.6 Å². The van der Waals surface area contributed by atoms with Crippen LogP contribution in [0.2, 0.25) is 0 Å². The Balaban J connectivity index is 0.00000242. The van der Waals surface area contributed by atoms with E-state index in [1.807, 2.05) is 0 Å². The van der Waals surface area contributed by atoms with Gasteiger partial charge in [-0.2, -0.15) is 0 Å². The SMILES string of the molecule is COC(CN)CC(=O)Nc1ccc(NC(=O)C2CC2)cc1.Cl. The van der Waals surface area contributed by atoms with E-state index in [4.69, 9.17) is 10.5 Å². The normalized spacial score (nSPS) is 14.6. The van der Waals surface area contributed by atoms with Gasteiger partial charge in [-0.1, -0.05) is 0 Å². The summed E-state index contributed by atoms with van der Waals surface area (Å²) in [5.41, 5.74) is 6.89. The fraction of sp³-hybridized carbons (Fsp3) is 0.467. The molecule has 22 heavy (non-hydrogen) atoms. The number of halogens is 1. The number of benzene rings is 1. The van der Waals surface area contributed by atoms with Gasteiger partial charge in [0.15, 0.2) is 0 Å². The summed E-state index contributed by atoms with van der Waals surface area (Å²) in [4.78, 5) is 23.4. The van der Waals surface area contributed by atoms with Gasteiger partial charge in [-0.25, -0.2) is 0 Å². The van der Waals surface area contributed by atoms with Crippen LogP contribution in [0.5, 0.6) is 0 Å². The van der Waals surface area contributed by atoms with Gasteiger partial charge in [-0.15, -0.1) is 12.4 Å². The molecule has 1 aromatic carbocycles. The van der Waals surface area contributed by atoms with E-state index < -0.39 is 0 Å². The number of amides is 2. The molecule has 0 spiro atoms. The monoisotopic (exact) mass is 327 g/mol. The second kappa shape index (κ2) is 8.73. The average Bonchev–Trinajstić information content (AvgIpc) is 3.31. The molecule has 7 heteroatoms. The zero-order valence-corrected chi connectivity index (χ0v) is 13.3. The molecule has 1 atom stereocenters. The summed E-state index contributed by atoms with van der Waals surface area (Å²) in [6.45, 7) is 0.302. The average molecular weight is 328 g/mol. The largest absolute Gasteiger partial charge is 0.380 e. The molecule has 6 nitrogen and oxygen atoms in total. The summed E-state index contributed by atoms with van der Waals surface area (Å²) in [7, 11) is 1.53. The standard InChI is InChI=1S/C15H21N3O3.ClH/c1-21-13(9-16)8-14(19)17-11-4-6-12(7-5-11)18-15(20)10-2-3-10;/h4-7,10,13H,2-3,8-9,16H2,1H3,(H,17,19)(H,18,20);1H. The highest BCUT2D eigenvalue weighted by Gasteiger charge is 2.29. The summed E-state index contributed by atoms with van der Waals surface area (Å²) >= 11 is 0. The Labute approximate surface area is 136 Å². The van der Waals surface area contributed by atoms with Crippen molar-refractivity contribution in [1.82, 2.24) is 0 Å². The molecule has 1 unspecified atom stereocenters. The van der Waals surface area contributed by atoms with E-state index >= 15 is 0 Å². The van der Waals surface area contributed by atoms with E-state index in [1.165, 1.54) is 7.11 Å². The summed E-state index contributed by atoms with van der Waals surface area (Å²) in [6.07, 6.45) is 1.89. The molecule has 1 aromatic rings. The van der Waals surface area contributed by atoms with Gasteiger partial charge in [0.25, 0.3) is 0 Å². The third kappa shape index (κ3) is 5.63. The molecular weight excluding hydrogens is 306 g/mol. The van der Waals surface area contributed by atoms with Crippen LogP contribution in [-0.4, -0.2) is 31.6 Å². The summed E-state index contributed by atoms with van der Waals surface area (Å²) in [6, 6.07) is 7.05. The van der Waals surface area contributed by atoms with E-state index in [0.29, 0.717) is 12.2 Å². The Bertz CT molecular complexity index is 499. The number of nitrogens with one attached hydrogen (secondary N) is 2. The molecule has 1 aliphatic rings. The van der Waals surface area contributed by atoms with Gasteiger partial charge < -0.3 is 21.1 Å². The van der Waals surface area contributed by atoms with Crippen LogP contribution in [0.4, 0.5) is 11.4 Å². The van der Waals surface area contributed by atoms with E-state index in [9.17, 15) is 9.59 Å². The fourth-order valence-electron chi connectivity index (χ4n) is 1.91. The van der Waals surface area contributed by atoms with Crippen LogP contribution in [0, 0.1) is 5.92 Å². The number of nitrogens with two attached hydrogens (primary N) is 1. The maximum Gasteiger partial charge on any atom is 0.227 e. The van der Waals surface area contributed by atoms with Crippen LogP contribution in [0.25, 0.3) is 0 Å². The number of rotatable bonds is 7. The van der Waals surface area contributed by atoms with Crippen molar-refractivity contribution in [3.8, 4) is 0 Å². The second-order valence-electron chi connectivity index (χ2n) is 5.19. The number of carbonyl (C=O) groups excluding carboxylic acids is 2. The molecule has 0 bridgehead atoms. The van der Waals surface area contributed by atoms with Crippen LogP contribution in [0.15, 0.2) is 24.3 Å². The molecular formula is C15H22ClN3O3. The second-order valence-corrected chi connectivity index (χ2v) is 5.19. The van der Waals surface area contributed by atoms with Gasteiger partial charge >= 0.3 is 0 Å². The van der Waals surface area contributed by atoms with Crippen LogP contribution in [0.1, 0.15) is 19.3 Å². The molecule has 0 radical (unpaired) electrons. The van der Waals surface area contributed by atoms with E-state index in [0.717, 1.165) is 18.5 Å². The third-order valence-electron chi connectivity index (χ3n) is 3.39. The van der Waals surface area contributed by atoms with Crippen molar-refractivity contribution in [3.63, 3.8) is 0 Å². The van der Waals surface area contributed by atoms with Crippen LogP contribution in [-0.2, 0) is 14.3 Å². The predicted octanol–water partition coefficient (Wildman–Crippen LogP) is 1.76. The van der Waals surface area contributed by atoms with Gasteiger partial charge in [-0.3, -0.25) is 9.59 Å². The number of anilines is 2. The topological polar surface area (TPSA) is 93.4 Å². The Morgan fingerprint density at radius 1 is 1.23 bits per heavy atom. The lowest BCUT2D eigenvalue weighted by atomic mass is 10.2. The first kappa shape index (κ1) is 18.4. The highest BCUT2D eigenvalue weighted by molar-refractivity contribution is 5.95. The molecule has 0 aliphatic heterocycles. The minimum atomic E-state index is -0.276. The van der Waals surface area contributed by atoms with Crippen molar-refractivity contribution in [3.05, 3.63) is 24.3 Å². The zero-order chi connectivity index (χ0) is 15.2. The van der Waals surface area contributed by atoms with Crippen molar-refractivity contribution in [2.75, 3.05) is 24.3 Å². The molecule has 2 rings (SSSR count). The maximum absolute atomic E-state index is 11.8. The van der Waals surface area contributed by atoms with Crippen molar-refractivity contribution in [2.24, 2.45) is 11.7 Å². The first-order chi connectivity index (χ1) is 10.1. The highest BCUT2D eigenvalue weighted by Crippen LogP contribution is 2.30. The van der Waals surface area contributed by atoms with Gasteiger partial charge in [0.05, 0.1) is 12.5 Å². The maximum atomic E-state index is 11.8. The van der Waals surface area contributed by atoms with Crippen molar-refractivity contribution in [2.45, 2.75) is 25.4 Å². The zero-order valence-electron chi connectivity index (χ0n) is 12.5. The number of ether oxygens (including phenoxy) is 1. The van der Waals surface area contributed by atoms with Gasteiger partial charge in [0.2, 0.25) is 11.8 Å². The minimum absolute atomic E-state index is 0. The molecule has 1 fully saturated rings. The Morgan fingerprint density at radius 3 is 2.23 bits per heavy atom. The molecule has 0 aromatic heterocycles. The van der Waals surface area contributed by atoms with Crippen LogP contribution >= 0.6 is 12.4 Å².